The van der Waals surface area contributed by atoms with E-state index in [2.05, 4.69) is 17.6 Å². The number of nitrogens with zero attached hydrogens (tertiary/aromatic N) is 1. The second kappa shape index (κ2) is 10.6. The quantitative estimate of drug-likeness (QED) is 0.691. The van der Waals surface area contributed by atoms with Gasteiger partial charge in [0.2, 0.25) is 11.8 Å². The number of halogens is 1. The minimum atomic E-state index is -0.485. The van der Waals surface area contributed by atoms with E-state index in [4.69, 9.17) is 0 Å². The number of benzene rings is 2. The SMILES string of the molecule is CCC[C@@H](NC(=O)[C@@H](C)N(C)CC(=O)Nc1cccc(F)c1)c1ccccc1. The summed E-state index contributed by atoms with van der Waals surface area (Å²) in [6.07, 6.45) is 1.78. The summed E-state index contributed by atoms with van der Waals surface area (Å²) < 4.78 is 13.2. The number of carbonyl (C=O) groups excluding carboxylic acids is 2. The molecule has 0 aliphatic rings. The lowest BCUT2D eigenvalue weighted by Gasteiger charge is -2.26. The van der Waals surface area contributed by atoms with Crippen LogP contribution in [0.4, 0.5) is 10.1 Å². The molecule has 2 N–H and O–H groups in total. The molecule has 2 aromatic rings. The van der Waals surface area contributed by atoms with Crippen molar-refractivity contribution in [1.82, 2.24) is 10.2 Å². The second-order valence-corrected chi connectivity index (χ2v) is 6.91. The van der Waals surface area contributed by atoms with Crippen molar-refractivity contribution in [3.05, 3.63) is 66.0 Å². The summed E-state index contributed by atoms with van der Waals surface area (Å²) >= 11 is 0. The fraction of sp³-hybridized carbons (Fsp3) is 0.364. The molecule has 0 radical (unpaired) electrons. The molecule has 0 aromatic heterocycles. The van der Waals surface area contributed by atoms with Gasteiger partial charge in [-0.2, -0.15) is 0 Å². The first kappa shape index (κ1) is 21.6. The summed E-state index contributed by atoms with van der Waals surface area (Å²) in [4.78, 5) is 26.6. The van der Waals surface area contributed by atoms with E-state index >= 15 is 0 Å². The van der Waals surface area contributed by atoms with Crippen molar-refractivity contribution in [3.63, 3.8) is 0 Å². The first-order chi connectivity index (χ1) is 13.4. The average Bonchev–Trinajstić information content (AvgIpc) is 2.67. The molecule has 0 fully saturated rings. The lowest BCUT2D eigenvalue weighted by atomic mass is 10.0. The van der Waals surface area contributed by atoms with Crippen LogP contribution in [0.15, 0.2) is 54.6 Å². The van der Waals surface area contributed by atoms with Gasteiger partial charge in [-0.1, -0.05) is 49.7 Å². The lowest BCUT2D eigenvalue weighted by molar-refractivity contribution is -0.127. The van der Waals surface area contributed by atoms with Gasteiger partial charge in [0.15, 0.2) is 0 Å². The average molecular weight is 385 g/mol. The summed E-state index contributed by atoms with van der Waals surface area (Å²) in [5.41, 5.74) is 1.46. The molecular weight excluding hydrogens is 357 g/mol. The molecule has 0 spiro atoms. The predicted octanol–water partition coefficient (Wildman–Crippen LogP) is 3.74. The summed E-state index contributed by atoms with van der Waals surface area (Å²) in [7, 11) is 1.72. The van der Waals surface area contributed by atoms with Crippen LogP contribution in [-0.4, -0.2) is 36.3 Å². The van der Waals surface area contributed by atoms with Crippen LogP contribution >= 0.6 is 0 Å². The predicted molar refractivity (Wildman–Crippen MR) is 109 cm³/mol. The third-order valence-corrected chi connectivity index (χ3v) is 4.64. The van der Waals surface area contributed by atoms with Gasteiger partial charge in [-0.3, -0.25) is 14.5 Å². The van der Waals surface area contributed by atoms with Crippen LogP contribution in [0.25, 0.3) is 0 Å². The molecule has 0 saturated carbocycles. The minimum absolute atomic E-state index is 0.0227. The standard InChI is InChI=1S/C22H28FN3O2/c1-4-9-20(17-10-6-5-7-11-17)25-22(28)16(2)26(3)15-21(27)24-19-13-8-12-18(23)14-19/h5-8,10-14,16,20H,4,9,15H2,1-3H3,(H,24,27)(H,25,28)/t16-,20-/m1/s1. The molecule has 2 amide bonds. The van der Waals surface area contributed by atoms with Crippen LogP contribution in [0, 0.1) is 5.82 Å². The summed E-state index contributed by atoms with van der Waals surface area (Å²) in [6, 6.07) is 15.0. The van der Waals surface area contributed by atoms with Crippen molar-refractivity contribution in [2.45, 2.75) is 38.8 Å². The highest BCUT2D eigenvalue weighted by atomic mass is 19.1. The smallest absolute Gasteiger partial charge is 0.238 e. The van der Waals surface area contributed by atoms with Crippen LogP contribution in [0.2, 0.25) is 0 Å². The third-order valence-electron chi connectivity index (χ3n) is 4.64. The Morgan fingerprint density at radius 3 is 2.46 bits per heavy atom. The van der Waals surface area contributed by atoms with Gasteiger partial charge in [-0.25, -0.2) is 4.39 Å². The van der Waals surface area contributed by atoms with Crippen molar-refractivity contribution >= 4 is 17.5 Å². The Hall–Kier alpha value is -2.73. The molecule has 0 aliphatic carbocycles. The molecule has 0 unspecified atom stereocenters. The number of anilines is 1. The van der Waals surface area contributed by atoms with E-state index < -0.39 is 11.9 Å². The zero-order valence-electron chi connectivity index (χ0n) is 16.6. The molecule has 0 aliphatic heterocycles. The Morgan fingerprint density at radius 2 is 1.82 bits per heavy atom. The van der Waals surface area contributed by atoms with Gasteiger partial charge in [0.25, 0.3) is 0 Å². The summed E-state index contributed by atoms with van der Waals surface area (Å²) in [5.74, 6) is -0.856. The van der Waals surface area contributed by atoms with Gasteiger partial charge in [-0.05, 0) is 44.2 Å². The van der Waals surface area contributed by atoms with E-state index in [-0.39, 0.29) is 24.4 Å². The number of hydrogen-bond donors (Lipinski definition) is 2. The van der Waals surface area contributed by atoms with Crippen LogP contribution in [-0.2, 0) is 9.59 Å². The van der Waals surface area contributed by atoms with Crippen molar-refractivity contribution in [2.75, 3.05) is 18.9 Å². The number of nitrogens with one attached hydrogen (secondary N) is 2. The van der Waals surface area contributed by atoms with Gasteiger partial charge in [0, 0.05) is 5.69 Å². The molecule has 28 heavy (non-hydrogen) atoms. The fourth-order valence-electron chi connectivity index (χ4n) is 2.92. The maximum Gasteiger partial charge on any atom is 0.238 e. The molecule has 150 valence electrons. The Bertz CT molecular complexity index is 782. The molecule has 6 heteroatoms. The molecule has 2 aromatic carbocycles. The normalized spacial score (nSPS) is 13.0. The highest BCUT2D eigenvalue weighted by molar-refractivity contribution is 5.92. The van der Waals surface area contributed by atoms with E-state index in [9.17, 15) is 14.0 Å². The first-order valence-corrected chi connectivity index (χ1v) is 9.51. The van der Waals surface area contributed by atoms with Crippen molar-refractivity contribution < 1.29 is 14.0 Å². The Kier molecular flexibility index (Phi) is 8.14. The Balaban J connectivity index is 1.92. The van der Waals surface area contributed by atoms with Gasteiger partial charge in [0.05, 0.1) is 18.6 Å². The maximum atomic E-state index is 13.2. The Labute approximate surface area is 165 Å². The van der Waals surface area contributed by atoms with E-state index in [0.29, 0.717) is 5.69 Å². The topological polar surface area (TPSA) is 61.4 Å². The molecule has 0 saturated heterocycles. The number of hydrogen-bond acceptors (Lipinski definition) is 3. The second-order valence-electron chi connectivity index (χ2n) is 6.91. The zero-order valence-corrected chi connectivity index (χ0v) is 16.6. The summed E-state index contributed by atoms with van der Waals surface area (Å²) in [6.45, 7) is 3.86. The maximum absolute atomic E-state index is 13.2. The van der Waals surface area contributed by atoms with Crippen molar-refractivity contribution in [1.29, 1.82) is 0 Å². The molecule has 0 bridgehead atoms. The Morgan fingerprint density at radius 1 is 1.11 bits per heavy atom. The van der Waals surface area contributed by atoms with Gasteiger partial charge in [0.1, 0.15) is 5.82 Å². The van der Waals surface area contributed by atoms with E-state index in [1.165, 1.54) is 18.2 Å². The molecule has 2 atom stereocenters. The van der Waals surface area contributed by atoms with E-state index in [1.807, 2.05) is 30.3 Å². The third kappa shape index (κ3) is 6.46. The highest BCUT2D eigenvalue weighted by Crippen LogP contribution is 2.18. The molecular formula is C22H28FN3O2. The van der Waals surface area contributed by atoms with E-state index in [1.54, 1.807) is 24.9 Å². The molecule has 5 nitrogen and oxygen atoms in total. The number of carbonyl (C=O) groups is 2. The van der Waals surface area contributed by atoms with Gasteiger partial charge >= 0.3 is 0 Å². The largest absolute Gasteiger partial charge is 0.348 e. The minimum Gasteiger partial charge on any atom is -0.348 e. The highest BCUT2D eigenvalue weighted by Gasteiger charge is 2.23. The first-order valence-electron chi connectivity index (χ1n) is 9.51. The monoisotopic (exact) mass is 385 g/mol. The summed E-state index contributed by atoms with van der Waals surface area (Å²) in [5, 5.41) is 5.73. The van der Waals surface area contributed by atoms with Crippen LogP contribution in [0.1, 0.15) is 38.3 Å². The van der Waals surface area contributed by atoms with Crippen LogP contribution < -0.4 is 10.6 Å². The fourth-order valence-corrected chi connectivity index (χ4v) is 2.92. The van der Waals surface area contributed by atoms with Crippen molar-refractivity contribution in [3.8, 4) is 0 Å². The van der Waals surface area contributed by atoms with Gasteiger partial charge in [-0.15, -0.1) is 0 Å². The number of amides is 2. The van der Waals surface area contributed by atoms with E-state index in [0.717, 1.165) is 18.4 Å². The molecule has 0 heterocycles. The number of rotatable bonds is 9. The van der Waals surface area contributed by atoms with Gasteiger partial charge < -0.3 is 10.6 Å². The van der Waals surface area contributed by atoms with Crippen LogP contribution in [0.3, 0.4) is 0 Å². The van der Waals surface area contributed by atoms with Crippen LogP contribution in [0.5, 0.6) is 0 Å². The lowest BCUT2D eigenvalue weighted by Crippen LogP contribution is -2.46. The van der Waals surface area contributed by atoms with Crippen molar-refractivity contribution in [2.24, 2.45) is 0 Å². The zero-order chi connectivity index (χ0) is 20.5. The molecule has 2 rings (SSSR count). The number of likely N-dealkylation sites (N-methyl/N-ethyl adjacent to an activating group) is 1.